The lowest BCUT2D eigenvalue weighted by Crippen LogP contribution is -2.29. The molecule has 140 valence electrons. The first-order valence-electron chi connectivity index (χ1n) is 7.70. The highest BCUT2D eigenvalue weighted by molar-refractivity contribution is 7.12. The minimum absolute atomic E-state index is 0.265. The van der Waals surface area contributed by atoms with Gasteiger partial charge in [0.25, 0.3) is 5.91 Å². The van der Waals surface area contributed by atoms with Crippen LogP contribution >= 0.6 is 11.3 Å². The zero-order valence-corrected chi connectivity index (χ0v) is 15.7. The summed E-state index contributed by atoms with van der Waals surface area (Å²) in [4.78, 5) is 24.5. The van der Waals surface area contributed by atoms with E-state index in [4.69, 9.17) is 20.1 Å². The second-order valence-electron chi connectivity index (χ2n) is 5.22. The molecule has 0 radical (unpaired) electrons. The number of hydrogen-bond donors (Lipinski definition) is 2. The van der Waals surface area contributed by atoms with Gasteiger partial charge in [-0.3, -0.25) is 10.2 Å². The molecule has 1 aromatic carbocycles. The van der Waals surface area contributed by atoms with Crippen molar-refractivity contribution < 1.29 is 19.0 Å². The molecule has 0 aliphatic heterocycles. The summed E-state index contributed by atoms with van der Waals surface area (Å²) in [6, 6.07) is 3.53. The Morgan fingerprint density at radius 3 is 2.19 bits per heavy atom. The highest BCUT2D eigenvalue weighted by atomic mass is 32.1. The minimum atomic E-state index is -0.443. The van der Waals surface area contributed by atoms with Gasteiger partial charge in [-0.25, -0.2) is 20.8 Å². The molecular weight excluding hydrogens is 370 g/mol. The summed E-state index contributed by atoms with van der Waals surface area (Å²) in [5, 5.41) is 2.00. The van der Waals surface area contributed by atoms with E-state index < -0.39 is 5.91 Å². The average Bonchev–Trinajstić information content (AvgIpc) is 3.22. The third kappa shape index (κ3) is 3.66. The molecule has 3 aromatic rings. The number of hydrogen-bond acceptors (Lipinski definition) is 9. The van der Waals surface area contributed by atoms with E-state index in [1.807, 2.05) is 0 Å². The molecule has 2 heterocycles. The number of amides is 1. The topological polar surface area (TPSA) is 121 Å². The zero-order chi connectivity index (χ0) is 19.4. The normalized spacial score (nSPS) is 10.4. The molecule has 3 rings (SSSR count). The Morgan fingerprint density at radius 2 is 1.67 bits per heavy atom. The number of benzene rings is 1. The molecule has 0 aliphatic carbocycles. The lowest BCUT2D eigenvalue weighted by atomic mass is 10.1. The average molecular weight is 387 g/mol. The van der Waals surface area contributed by atoms with Gasteiger partial charge in [-0.1, -0.05) is 0 Å². The first-order valence-corrected chi connectivity index (χ1v) is 8.58. The highest BCUT2D eigenvalue weighted by Crippen LogP contribution is 2.40. The molecular formula is C17H17N5O4S. The van der Waals surface area contributed by atoms with Gasteiger partial charge in [0.15, 0.2) is 22.3 Å². The number of carbonyl (C=O) groups excluding carboxylic acids is 1. The number of nitrogens with zero attached hydrogens (tertiary/aromatic N) is 3. The second-order valence-corrected chi connectivity index (χ2v) is 6.08. The minimum Gasteiger partial charge on any atom is -0.493 e. The van der Waals surface area contributed by atoms with E-state index in [1.54, 1.807) is 51.2 Å². The first-order chi connectivity index (χ1) is 13.1. The fraction of sp³-hybridized carbons (Fsp3) is 0.176. The van der Waals surface area contributed by atoms with Gasteiger partial charge in [-0.05, 0) is 12.1 Å². The number of ether oxygens (including phenoxy) is 3. The van der Waals surface area contributed by atoms with Crippen molar-refractivity contribution in [3.05, 3.63) is 34.9 Å². The van der Waals surface area contributed by atoms with Crippen LogP contribution in [0.5, 0.6) is 17.2 Å². The molecule has 0 saturated carbocycles. The number of nitrogens with one attached hydrogen (secondary N) is 1. The van der Waals surface area contributed by atoms with Crippen molar-refractivity contribution in [2.45, 2.75) is 0 Å². The van der Waals surface area contributed by atoms with Crippen molar-refractivity contribution >= 4 is 17.2 Å². The molecule has 2 aromatic heterocycles. The van der Waals surface area contributed by atoms with Crippen LogP contribution in [0.1, 0.15) is 9.80 Å². The lowest BCUT2D eigenvalue weighted by Gasteiger charge is -2.13. The third-order valence-corrected chi connectivity index (χ3v) is 4.54. The van der Waals surface area contributed by atoms with Crippen LogP contribution < -0.4 is 25.5 Å². The standard InChI is InChI=1S/C17H17N5O4S/c1-24-12-4-9(5-13(25-2)14(12)26-3)15-19-6-10(7-20-15)11-8-27-17(21-11)16(23)22-18/h4-8H,18H2,1-3H3,(H,22,23). The van der Waals surface area contributed by atoms with E-state index in [-0.39, 0.29) is 5.01 Å². The number of nitrogen functional groups attached to an aromatic ring is 1. The van der Waals surface area contributed by atoms with Crippen LogP contribution in [0.25, 0.3) is 22.6 Å². The number of hydrazine groups is 1. The first kappa shape index (κ1) is 18.5. The number of rotatable bonds is 6. The van der Waals surface area contributed by atoms with Gasteiger partial charge in [0.2, 0.25) is 5.75 Å². The summed E-state index contributed by atoms with van der Waals surface area (Å²) in [5.41, 5.74) is 4.03. The quantitative estimate of drug-likeness (QED) is 0.374. The molecule has 27 heavy (non-hydrogen) atoms. The van der Waals surface area contributed by atoms with E-state index in [0.717, 1.165) is 0 Å². The van der Waals surface area contributed by atoms with Crippen molar-refractivity contribution in [1.29, 1.82) is 0 Å². The van der Waals surface area contributed by atoms with Gasteiger partial charge in [0.05, 0.1) is 27.0 Å². The van der Waals surface area contributed by atoms with Crippen LogP contribution in [0.2, 0.25) is 0 Å². The maximum absolute atomic E-state index is 11.5. The van der Waals surface area contributed by atoms with Crippen molar-refractivity contribution in [3.8, 4) is 39.9 Å². The molecule has 3 N–H and O–H groups in total. The summed E-state index contributed by atoms with van der Waals surface area (Å²) in [6.07, 6.45) is 3.26. The Morgan fingerprint density at radius 1 is 1.04 bits per heavy atom. The van der Waals surface area contributed by atoms with Crippen LogP contribution in [0, 0.1) is 0 Å². The number of thiazole rings is 1. The van der Waals surface area contributed by atoms with Crippen LogP contribution in [0.4, 0.5) is 0 Å². The Hall–Kier alpha value is -3.24. The van der Waals surface area contributed by atoms with E-state index in [1.165, 1.54) is 11.3 Å². The van der Waals surface area contributed by atoms with E-state index in [2.05, 4.69) is 20.4 Å². The molecule has 0 bridgehead atoms. The monoisotopic (exact) mass is 387 g/mol. The second kappa shape index (κ2) is 7.98. The largest absolute Gasteiger partial charge is 0.493 e. The summed E-state index contributed by atoms with van der Waals surface area (Å²) >= 11 is 1.19. The van der Waals surface area contributed by atoms with Crippen molar-refractivity contribution in [1.82, 2.24) is 20.4 Å². The van der Waals surface area contributed by atoms with Crippen LogP contribution in [-0.2, 0) is 0 Å². The fourth-order valence-corrected chi connectivity index (χ4v) is 3.12. The van der Waals surface area contributed by atoms with Gasteiger partial charge in [0, 0.05) is 28.9 Å². The molecule has 0 saturated heterocycles. The molecule has 0 aliphatic rings. The predicted molar refractivity (Wildman–Crippen MR) is 99.9 cm³/mol. The highest BCUT2D eigenvalue weighted by Gasteiger charge is 2.16. The van der Waals surface area contributed by atoms with E-state index >= 15 is 0 Å². The molecule has 0 atom stereocenters. The summed E-state index contributed by atoms with van der Waals surface area (Å²) in [7, 11) is 4.63. The SMILES string of the molecule is COc1cc(-c2ncc(-c3csc(C(=O)NN)n3)cn2)cc(OC)c1OC. The number of nitrogens with two attached hydrogens (primary N) is 1. The predicted octanol–water partition coefficient (Wildman–Crippen LogP) is 1.90. The van der Waals surface area contributed by atoms with Crippen molar-refractivity contribution in [3.63, 3.8) is 0 Å². The van der Waals surface area contributed by atoms with Gasteiger partial charge >= 0.3 is 0 Å². The van der Waals surface area contributed by atoms with Gasteiger partial charge in [-0.2, -0.15) is 0 Å². The Balaban J connectivity index is 1.93. The van der Waals surface area contributed by atoms with Crippen molar-refractivity contribution in [2.75, 3.05) is 21.3 Å². The Kier molecular flexibility index (Phi) is 5.48. The van der Waals surface area contributed by atoms with Crippen LogP contribution in [-0.4, -0.2) is 42.2 Å². The summed E-state index contributed by atoms with van der Waals surface area (Å²) in [6.45, 7) is 0. The van der Waals surface area contributed by atoms with E-state index in [9.17, 15) is 4.79 Å². The van der Waals surface area contributed by atoms with E-state index in [0.29, 0.717) is 39.9 Å². The van der Waals surface area contributed by atoms with Crippen molar-refractivity contribution in [2.24, 2.45) is 5.84 Å². The molecule has 10 heteroatoms. The summed E-state index contributed by atoms with van der Waals surface area (Å²) in [5.74, 6) is 6.67. The fourth-order valence-electron chi connectivity index (χ4n) is 2.39. The summed E-state index contributed by atoms with van der Waals surface area (Å²) < 4.78 is 16.0. The lowest BCUT2D eigenvalue weighted by molar-refractivity contribution is 0.0953. The Bertz CT molecular complexity index is 933. The van der Waals surface area contributed by atoms with Gasteiger partial charge in [-0.15, -0.1) is 11.3 Å². The maximum Gasteiger partial charge on any atom is 0.294 e. The molecule has 0 fully saturated rings. The molecule has 0 unspecified atom stereocenters. The van der Waals surface area contributed by atoms with Gasteiger partial charge < -0.3 is 14.2 Å². The van der Waals surface area contributed by atoms with Crippen LogP contribution in [0.3, 0.4) is 0 Å². The Labute approximate surface area is 159 Å². The molecule has 9 nitrogen and oxygen atoms in total. The number of methoxy groups -OCH3 is 3. The maximum atomic E-state index is 11.5. The smallest absolute Gasteiger partial charge is 0.294 e. The number of carbonyl (C=O) groups is 1. The molecule has 0 spiro atoms. The zero-order valence-electron chi connectivity index (χ0n) is 14.8. The molecule has 1 amide bonds. The van der Waals surface area contributed by atoms with Gasteiger partial charge in [0.1, 0.15) is 0 Å². The van der Waals surface area contributed by atoms with Crippen LogP contribution in [0.15, 0.2) is 29.9 Å². The third-order valence-electron chi connectivity index (χ3n) is 3.70. The number of aromatic nitrogens is 3.